The molecule has 5 heteroatoms. The Hall–Kier alpha value is -1.71. The zero-order valence-electron chi connectivity index (χ0n) is 12.3. The molecule has 1 N–H and O–H groups in total. The van der Waals surface area contributed by atoms with Gasteiger partial charge in [-0.15, -0.1) is 0 Å². The van der Waals surface area contributed by atoms with Crippen molar-refractivity contribution < 1.29 is 9.53 Å². The summed E-state index contributed by atoms with van der Waals surface area (Å²) in [5, 5.41) is 4.21. The van der Waals surface area contributed by atoms with Crippen LogP contribution in [-0.4, -0.2) is 12.0 Å². The van der Waals surface area contributed by atoms with E-state index in [-0.39, 0.29) is 11.9 Å². The minimum atomic E-state index is -0.601. The third-order valence-electron chi connectivity index (χ3n) is 3.22. The van der Waals surface area contributed by atoms with E-state index in [1.807, 2.05) is 19.1 Å². The molecule has 0 aromatic heterocycles. The van der Waals surface area contributed by atoms with E-state index in [9.17, 15) is 4.79 Å². The molecule has 2 aromatic carbocycles. The summed E-state index contributed by atoms with van der Waals surface area (Å²) < 4.78 is 5.60. The zero-order valence-corrected chi connectivity index (χ0v) is 13.9. The Balaban J connectivity index is 1.93. The van der Waals surface area contributed by atoms with Crippen LogP contribution >= 0.6 is 23.2 Å². The molecular weight excluding hydrogens is 321 g/mol. The summed E-state index contributed by atoms with van der Waals surface area (Å²) in [6.45, 7) is 3.62. The molecule has 0 radical (unpaired) electrons. The average Bonchev–Trinajstić information content (AvgIpc) is 2.50. The quantitative estimate of drug-likeness (QED) is 0.863. The predicted molar refractivity (Wildman–Crippen MR) is 89.6 cm³/mol. The van der Waals surface area contributed by atoms with Crippen LogP contribution in [0.4, 0.5) is 0 Å². The Morgan fingerprint density at radius 3 is 2.00 bits per heavy atom. The van der Waals surface area contributed by atoms with E-state index < -0.39 is 6.10 Å². The van der Waals surface area contributed by atoms with Crippen molar-refractivity contribution in [3.8, 4) is 5.75 Å². The molecule has 2 atom stereocenters. The zero-order chi connectivity index (χ0) is 16.1. The second-order valence-corrected chi connectivity index (χ2v) is 5.87. The Morgan fingerprint density at radius 1 is 0.955 bits per heavy atom. The van der Waals surface area contributed by atoms with Gasteiger partial charge in [0.1, 0.15) is 5.75 Å². The molecule has 0 aliphatic rings. The molecule has 2 unspecified atom stereocenters. The largest absolute Gasteiger partial charge is 0.481 e. The molecule has 0 aliphatic heterocycles. The summed E-state index contributed by atoms with van der Waals surface area (Å²) >= 11 is 11.7. The number of carbonyl (C=O) groups excluding carboxylic acids is 1. The van der Waals surface area contributed by atoms with Crippen molar-refractivity contribution in [2.75, 3.05) is 0 Å². The van der Waals surface area contributed by atoms with Crippen molar-refractivity contribution in [2.24, 2.45) is 0 Å². The second-order valence-electron chi connectivity index (χ2n) is 5.00. The van der Waals surface area contributed by atoms with Gasteiger partial charge in [0.2, 0.25) is 0 Å². The van der Waals surface area contributed by atoms with Gasteiger partial charge in [0.05, 0.1) is 6.04 Å². The molecule has 3 nitrogen and oxygen atoms in total. The van der Waals surface area contributed by atoms with Crippen LogP contribution in [0, 0.1) is 0 Å². The Morgan fingerprint density at radius 2 is 1.45 bits per heavy atom. The van der Waals surface area contributed by atoms with Crippen LogP contribution in [0.3, 0.4) is 0 Å². The molecule has 22 heavy (non-hydrogen) atoms. The monoisotopic (exact) mass is 337 g/mol. The van der Waals surface area contributed by atoms with E-state index >= 15 is 0 Å². The molecule has 0 fully saturated rings. The van der Waals surface area contributed by atoms with Crippen molar-refractivity contribution in [2.45, 2.75) is 26.0 Å². The molecule has 0 saturated carbocycles. The lowest BCUT2D eigenvalue weighted by atomic mass is 10.1. The predicted octanol–water partition coefficient (Wildman–Crippen LogP) is 4.64. The number of hydrogen-bond acceptors (Lipinski definition) is 2. The number of amides is 1. The van der Waals surface area contributed by atoms with Crippen LogP contribution in [0.25, 0.3) is 0 Å². The summed E-state index contributed by atoms with van der Waals surface area (Å²) in [6.07, 6.45) is -0.601. The van der Waals surface area contributed by atoms with Crippen molar-refractivity contribution in [3.05, 3.63) is 64.1 Å². The molecule has 1 amide bonds. The highest BCUT2D eigenvalue weighted by atomic mass is 35.5. The first-order chi connectivity index (χ1) is 10.5. The van der Waals surface area contributed by atoms with Crippen molar-refractivity contribution in [1.29, 1.82) is 0 Å². The van der Waals surface area contributed by atoms with E-state index in [4.69, 9.17) is 27.9 Å². The molecule has 0 heterocycles. The van der Waals surface area contributed by atoms with Gasteiger partial charge in [0.25, 0.3) is 5.91 Å². The van der Waals surface area contributed by atoms with Gasteiger partial charge in [-0.2, -0.15) is 0 Å². The summed E-state index contributed by atoms with van der Waals surface area (Å²) in [4.78, 5) is 12.2. The molecule has 0 saturated heterocycles. The Bertz CT molecular complexity index is 626. The van der Waals surface area contributed by atoms with Crippen LogP contribution in [0.5, 0.6) is 5.75 Å². The number of ether oxygens (including phenoxy) is 1. The molecule has 0 spiro atoms. The first-order valence-electron chi connectivity index (χ1n) is 6.94. The molecule has 2 aromatic rings. The third-order valence-corrected chi connectivity index (χ3v) is 3.73. The molecular formula is C17H17Cl2NO2. The van der Waals surface area contributed by atoms with Crippen LogP contribution in [0.1, 0.15) is 25.5 Å². The lowest BCUT2D eigenvalue weighted by molar-refractivity contribution is -0.127. The highest BCUT2D eigenvalue weighted by molar-refractivity contribution is 6.30. The van der Waals surface area contributed by atoms with Gasteiger partial charge in [0, 0.05) is 10.0 Å². The number of halogens is 2. The highest BCUT2D eigenvalue weighted by Gasteiger charge is 2.17. The number of rotatable bonds is 5. The summed E-state index contributed by atoms with van der Waals surface area (Å²) in [6, 6.07) is 14.1. The summed E-state index contributed by atoms with van der Waals surface area (Å²) in [5.74, 6) is 0.420. The van der Waals surface area contributed by atoms with Gasteiger partial charge in [-0.05, 0) is 55.8 Å². The van der Waals surface area contributed by atoms with Crippen LogP contribution in [0.2, 0.25) is 10.0 Å². The number of nitrogens with one attached hydrogen (secondary N) is 1. The summed E-state index contributed by atoms with van der Waals surface area (Å²) in [7, 11) is 0. The maximum atomic E-state index is 12.2. The Kier molecular flexibility index (Phi) is 5.69. The van der Waals surface area contributed by atoms with E-state index in [1.54, 1.807) is 43.3 Å². The maximum absolute atomic E-state index is 12.2. The van der Waals surface area contributed by atoms with Crippen molar-refractivity contribution in [3.63, 3.8) is 0 Å². The second kappa shape index (κ2) is 7.52. The fourth-order valence-corrected chi connectivity index (χ4v) is 2.19. The molecule has 116 valence electrons. The van der Waals surface area contributed by atoms with Gasteiger partial charge in [0.15, 0.2) is 6.10 Å². The topological polar surface area (TPSA) is 38.3 Å². The minimum Gasteiger partial charge on any atom is -0.481 e. The third kappa shape index (κ3) is 4.65. The van der Waals surface area contributed by atoms with Crippen molar-refractivity contribution in [1.82, 2.24) is 5.32 Å². The van der Waals surface area contributed by atoms with Crippen LogP contribution in [0.15, 0.2) is 48.5 Å². The molecule has 0 aliphatic carbocycles. The molecule has 0 bridgehead atoms. The standard InChI is InChI=1S/C17H17Cl2NO2/c1-11(13-3-5-14(18)6-4-13)20-17(21)12(2)22-16-9-7-15(19)8-10-16/h3-12H,1-2H3,(H,20,21). The van der Waals surface area contributed by atoms with Crippen LogP contribution < -0.4 is 10.1 Å². The normalized spacial score (nSPS) is 13.3. The SMILES string of the molecule is CC(Oc1ccc(Cl)cc1)C(=O)NC(C)c1ccc(Cl)cc1. The smallest absolute Gasteiger partial charge is 0.261 e. The van der Waals surface area contributed by atoms with E-state index in [1.165, 1.54) is 0 Å². The van der Waals surface area contributed by atoms with E-state index in [0.717, 1.165) is 5.56 Å². The number of hydrogen-bond donors (Lipinski definition) is 1. The maximum Gasteiger partial charge on any atom is 0.261 e. The first-order valence-corrected chi connectivity index (χ1v) is 7.69. The number of benzene rings is 2. The minimum absolute atomic E-state index is 0.124. The average molecular weight is 338 g/mol. The first kappa shape index (κ1) is 16.7. The van der Waals surface area contributed by atoms with Crippen LogP contribution in [-0.2, 0) is 4.79 Å². The number of carbonyl (C=O) groups is 1. The lowest BCUT2D eigenvalue weighted by Crippen LogP contribution is -2.37. The van der Waals surface area contributed by atoms with Gasteiger partial charge in [-0.3, -0.25) is 4.79 Å². The van der Waals surface area contributed by atoms with Gasteiger partial charge < -0.3 is 10.1 Å². The van der Waals surface area contributed by atoms with Gasteiger partial charge >= 0.3 is 0 Å². The highest BCUT2D eigenvalue weighted by Crippen LogP contribution is 2.18. The molecule has 2 rings (SSSR count). The Labute approximate surface area is 140 Å². The van der Waals surface area contributed by atoms with E-state index in [2.05, 4.69) is 5.32 Å². The van der Waals surface area contributed by atoms with Gasteiger partial charge in [-0.1, -0.05) is 35.3 Å². The lowest BCUT2D eigenvalue weighted by Gasteiger charge is -2.19. The summed E-state index contributed by atoms with van der Waals surface area (Å²) in [5.41, 5.74) is 0.983. The fourth-order valence-electron chi connectivity index (χ4n) is 1.94. The van der Waals surface area contributed by atoms with E-state index in [0.29, 0.717) is 15.8 Å². The van der Waals surface area contributed by atoms with Crippen molar-refractivity contribution >= 4 is 29.1 Å². The fraction of sp³-hybridized carbons (Fsp3) is 0.235. The van der Waals surface area contributed by atoms with Gasteiger partial charge in [-0.25, -0.2) is 0 Å².